The number of halogens is 3. The minimum absolute atomic E-state index is 0.0704. The van der Waals surface area contributed by atoms with Gasteiger partial charge in [-0.1, -0.05) is 11.6 Å². The zero-order valence-electron chi connectivity index (χ0n) is 10.1. The van der Waals surface area contributed by atoms with Gasteiger partial charge in [-0.25, -0.2) is 0 Å². The molecule has 2 aromatic rings. The number of benzene rings is 2. The van der Waals surface area contributed by atoms with Crippen LogP contribution in [0.3, 0.4) is 0 Å². The molecule has 0 saturated carbocycles. The first-order valence-electron chi connectivity index (χ1n) is 5.43. The van der Waals surface area contributed by atoms with E-state index >= 15 is 0 Å². The molecule has 0 heterocycles. The van der Waals surface area contributed by atoms with E-state index in [4.69, 9.17) is 21.6 Å². The lowest BCUT2D eigenvalue weighted by atomic mass is 10.2. The fourth-order valence-electron chi connectivity index (χ4n) is 1.52. The van der Waals surface area contributed by atoms with Crippen molar-refractivity contribution in [2.75, 3.05) is 0 Å². The summed E-state index contributed by atoms with van der Waals surface area (Å²) in [4.78, 5) is 10.3. The van der Waals surface area contributed by atoms with Crippen molar-refractivity contribution in [3.05, 3.63) is 60.0 Å². The van der Waals surface area contributed by atoms with E-state index in [0.717, 1.165) is 0 Å². The van der Waals surface area contributed by atoms with Crippen LogP contribution in [0.4, 0.5) is 5.69 Å². The van der Waals surface area contributed by atoms with Gasteiger partial charge in [-0.05, 0) is 44.0 Å². The van der Waals surface area contributed by atoms with Gasteiger partial charge in [-0.2, -0.15) is 5.26 Å². The van der Waals surface area contributed by atoms with E-state index in [1.165, 1.54) is 24.3 Å². The molecule has 5 nitrogen and oxygen atoms in total. The molecule has 0 spiro atoms. The lowest BCUT2D eigenvalue weighted by Gasteiger charge is -2.10. The van der Waals surface area contributed by atoms with Gasteiger partial charge in [0, 0.05) is 18.2 Å². The summed E-state index contributed by atoms with van der Waals surface area (Å²) in [5.74, 6) is 0.788. The van der Waals surface area contributed by atoms with Crippen LogP contribution in [0, 0.1) is 21.4 Å². The first kappa shape index (κ1) is 15.8. The molecule has 0 aliphatic carbocycles. The Morgan fingerprint density at radius 2 is 1.86 bits per heavy atom. The van der Waals surface area contributed by atoms with Gasteiger partial charge in [0.15, 0.2) is 5.75 Å². The quantitative estimate of drug-likeness (QED) is 0.478. The third kappa shape index (κ3) is 3.53. The zero-order valence-corrected chi connectivity index (χ0v) is 14.1. The maximum absolute atomic E-state index is 10.8. The highest BCUT2D eigenvalue weighted by atomic mass is 79.9. The molecule has 21 heavy (non-hydrogen) atoms. The normalized spacial score (nSPS) is 10.0. The number of hydrogen-bond donors (Lipinski definition) is 0. The van der Waals surface area contributed by atoms with E-state index in [2.05, 4.69) is 31.9 Å². The van der Waals surface area contributed by atoms with Crippen molar-refractivity contribution < 1.29 is 9.66 Å². The Hall–Kier alpha value is -1.62. The highest BCUT2D eigenvalue weighted by Crippen LogP contribution is 2.40. The highest BCUT2D eigenvalue weighted by Gasteiger charge is 2.16. The van der Waals surface area contributed by atoms with E-state index in [1.54, 1.807) is 6.07 Å². The van der Waals surface area contributed by atoms with Crippen LogP contribution in [0.2, 0.25) is 5.02 Å². The van der Waals surface area contributed by atoms with Crippen molar-refractivity contribution in [3.8, 4) is 17.6 Å². The maximum atomic E-state index is 10.8. The van der Waals surface area contributed by atoms with E-state index in [-0.39, 0.29) is 10.7 Å². The SMILES string of the molecule is N#Cc1ccc(Oc2c(Br)cc([N+](=O)[O-])cc2Br)cc1Cl. The van der Waals surface area contributed by atoms with Crippen LogP contribution in [-0.4, -0.2) is 4.92 Å². The van der Waals surface area contributed by atoms with Crippen molar-refractivity contribution in [1.82, 2.24) is 0 Å². The first-order valence-corrected chi connectivity index (χ1v) is 7.39. The number of nitro benzene ring substituents is 1. The molecule has 0 aliphatic heterocycles. The number of non-ortho nitro benzene ring substituents is 1. The Kier molecular flexibility index (Phi) is 4.83. The lowest BCUT2D eigenvalue weighted by molar-refractivity contribution is -0.385. The lowest BCUT2D eigenvalue weighted by Crippen LogP contribution is -1.92. The van der Waals surface area contributed by atoms with Gasteiger partial charge in [0.2, 0.25) is 0 Å². The number of nitriles is 1. The summed E-state index contributed by atoms with van der Waals surface area (Å²) in [5.41, 5.74) is 0.268. The molecule has 0 N–H and O–H groups in total. The smallest absolute Gasteiger partial charge is 0.271 e. The van der Waals surface area contributed by atoms with Gasteiger partial charge in [0.05, 0.1) is 24.5 Å². The Morgan fingerprint density at radius 3 is 2.33 bits per heavy atom. The summed E-state index contributed by atoms with van der Waals surface area (Å²) in [7, 11) is 0. The highest BCUT2D eigenvalue weighted by molar-refractivity contribution is 9.11. The number of nitro groups is 1. The molecule has 106 valence electrons. The van der Waals surface area contributed by atoms with Gasteiger partial charge in [-0.3, -0.25) is 10.1 Å². The Labute approximate surface area is 141 Å². The molecule has 0 aliphatic rings. The van der Waals surface area contributed by atoms with Crippen LogP contribution >= 0.6 is 43.5 Å². The molecule has 0 bridgehead atoms. The minimum atomic E-state index is -0.502. The van der Waals surface area contributed by atoms with Gasteiger partial charge >= 0.3 is 0 Å². The summed E-state index contributed by atoms with van der Waals surface area (Å²) in [5, 5.41) is 19.8. The van der Waals surface area contributed by atoms with Crippen molar-refractivity contribution in [2.45, 2.75) is 0 Å². The van der Waals surface area contributed by atoms with E-state index in [9.17, 15) is 10.1 Å². The molecular formula is C13H5Br2ClN2O3. The summed E-state index contributed by atoms with van der Waals surface area (Å²) in [6.45, 7) is 0. The molecule has 0 aromatic heterocycles. The molecule has 0 atom stereocenters. The number of nitrogens with zero attached hydrogens (tertiary/aromatic N) is 2. The molecule has 2 rings (SSSR count). The van der Waals surface area contributed by atoms with Crippen LogP contribution in [0.5, 0.6) is 11.5 Å². The molecule has 0 fully saturated rings. The maximum Gasteiger partial charge on any atom is 0.271 e. The molecule has 0 radical (unpaired) electrons. The van der Waals surface area contributed by atoms with Gasteiger partial charge in [0.25, 0.3) is 5.69 Å². The number of rotatable bonds is 3. The zero-order chi connectivity index (χ0) is 15.6. The van der Waals surface area contributed by atoms with Crippen LogP contribution in [0.25, 0.3) is 0 Å². The molecule has 0 unspecified atom stereocenters. The number of hydrogen-bond acceptors (Lipinski definition) is 4. The van der Waals surface area contributed by atoms with Gasteiger partial charge < -0.3 is 4.74 Å². The van der Waals surface area contributed by atoms with E-state index < -0.39 is 4.92 Å². The standard InChI is InChI=1S/C13H5Br2ClN2O3/c14-10-3-8(18(19)20)4-11(15)13(10)21-9-2-1-7(6-17)12(16)5-9/h1-5H. The van der Waals surface area contributed by atoms with Crippen molar-refractivity contribution in [2.24, 2.45) is 0 Å². The first-order chi connectivity index (χ1) is 9.92. The van der Waals surface area contributed by atoms with E-state index in [1.807, 2.05) is 6.07 Å². The predicted octanol–water partition coefficient (Wildman–Crippen LogP) is 5.44. The Bertz CT molecular complexity index is 751. The molecule has 8 heteroatoms. The fourth-order valence-corrected chi connectivity index (χ4v) is 3.05. The monoisotopic (exact) mass is 430 g/mol. The predicted molar refractivity (Wildman–Crippen MR) is 84.7 cm³/mol. The van der Waals surface area contributed by atoms with Crippen LogP contribution in [0.15, 0.2) is 39.3 Å². The second kappa shape index (κ2) is 6.43. The second-order valence-electron chi connectivity index (χ2n) is 3.85. The summed E-state index contributed by atoms with van der Waals surface area (Å²) in [6, 6.07) is 9.25. The Morgan fingerprint density at radius 1 is 1.24 bits per heavy atom. The van der Waals surface area contributed by atoms with E-state index in [0.29, 0.717) is 26.0 Å². The van der Waals surface area contributed by atoms with Crippen LogP contribution in [-0.2, 0) is 0 Å². The fraction of sp³-hybridized carbons (Fsp3) is 0. The van der Waals surface area contributed by atoms with Gasteiger partial charge in [-0.15, -0.1) is 0 Å². The van der Waals surface area contributed by atoms with Crippen LogP contribution < -0.4 is 4.74 Å². The third-order valence-electron chi connectivity index (χ3n) is 2.47. The minimum Gasteiger partial charge on any atom is -0.455 e. The average Bonchev–Trinajstić information content (AvgIpc) is 2.42. The summed E-state index contributed by atoms with van der Waals surface area (Å²) < 4.78 is 6.49. The average molecular weight is 432 g/mol. The molecule has 0 amide bonds. The topological polar surface area (TPSA) is 76.2 Å². The van der Waals surface area contributed by atoms with Crippen molar-refractivity contribution in [1.29, 1.82) is 5.26 Å². The Balaban J connectivity index is 2.38. The van der Waals surface area contributed by atoms with Crippen LogP contribution in [0.1, 0.15) is 5.56 Å². The largest absolute Gasteiger partial charge is 0.455 e. The second-order valence-corrected chi connectivity index (χ2v) is 5.97. The number of ether oxygens (including phenoxy) is 1. The molecule has 2 aromatic carbocycles. The summed E-state index contributed by atoms with van der Waals surface area (Å²) >= 11 is 12.4. The van der Waals surface area contributed by atoms with Crippen molar-refractivity contribution in [3.63, 3.8) is 0 Å². The molecule has 0 saturated heterocycles. The summed E-state index contributed by atoms with van der Waals surface area (Å²) in [6.07, 6.45) is 0. The third-order valence-corrected chi connectivity index (χ3v) is 3.97. The van der Waals surface area contributed by atoms with Crippen molar-refractivity contribution >= 4 is 49.1 Å². The molecular weight excluding hydrogens is 427 g/mol. The van der Waals surface area contributed by atoms with Gasteiger partial charge in [0.1, 0.15) is 11.8 Å².